The Kier molecular flexibility index (Phi) is 7.44. The van der Waals surface area contributed by atoms with E-state index in [0.717, 1.165) is 5.56 Å². The van der Waals surface area contributed by atoms with E-state index >= 15 is 0 Å². The molecular formula is C36H36O7Si. The van der Waals surface area contributed by atoms with Crippen LogP contribution in [0.1, 0.15) is 42.8 Å². The Morgan fingerprint density at radius 1 is 0.750 bits per heavy atom. The molecule has 1 saturated heterocycles. The summed E-state index contributed by atoms with van der Waals surface area (Å²) in [5.74, 6) is 1.95. The van der Waals surface area contributed by atoms with Gasteiger partial charge >= 0.3 is 0 Å². The van der Waals surface area contributed by atoms with Gasteiger partial charge in [0.2, 0.25) is 13.6 Å². The maximum Gasteiger partial charge on any atom is 0.261 e. The van der Waals surface area contributed by atoms with Crippen LogP contribution in [0.15, 0.2) is 97.1 Å². The van der Waals surface area contributed by atoms with Crippen LogP contribution in [0, 0.1) is 11.8 Å². The second kappa shape index (κ2) is 11.4. The van der Waals surface area contributed by atoms with Crippen molar-refractivity contribution in [1.82, 2.24) is 0 Å². The number of ether oxygens (including phenoxy) is 5. The lowest BCUT2D eigenvalue weighted by molar-refractivity contribution is 0.0740. The summed E-state index contributed by atoms with van der Waals surface area (Å²) in [5.41, 5.74) is 1.51. The van der Waals surface area contributed by atoms with Gasteiger partial charge in [-0.1, -0.05) is 87.5 Å². The zero-order chi connectivity index (χ0) is 30.3. The molecule has 0 saturated carbocycles. The number of hydrogen-bond acceptors (Lipinski definition) is 7. The maximum atomic E-state index is 14.2. The van der Waals surface area contributed by atoms with Gasteiger partial charge in [0.25, 0.3) is 8.32 Å². The Hall–Kier alpha value is -4.11. The summed E-state index contributed by atoms with van der Waals surface area (Å²) < 4.78 is 36.2. The Bertz CT molecular complexity index is 1610. The third kappa shape index (κ3) is 4.97. The van der Waals surface area contributed by atoms with Crippen molar-refractivity contribution in [3.63, 3.8) is 0 Å². The van der Waals surface area contributed by atoms with Gasteiger partial charge < -0.3 is 28.1 Å². The van der Waals surface area contributed by atoms with E-state index < -0.39 is 14.2 Å². The Morgan fingerprint density at radius 2 is 1.32 bits per heavy atom. The fourth-order valence-electron chi connectivity index (χ4n) is 6.82. The minimum absolute atomic E-state index is 0.00240. The molecule has 4 aromatic rings. The highest BCUT2D eigenvalue weighted by Gasteiger charge is 2.52. The van der Waals surface area contributed by atoms with Crippen LogP contribution in [0.4, 0.5) is 0 Å². The molecular weight excluding hydrogens is 572 g/mol. The number of carbonyl (C=O) groups is 1. The number of ketones is 1. The predicted molar refractivity (Wildman–Crippen MR) is 169 cm³/mol. The molecule has 3 atom stereocenters. The average Bonchev–Trinajstić information content (AvgIpc) is 3.80. The van der Waals surface area contributed by atoms with E-state index in [2.05, 4.69) is 69.3 Å². The van der Waals surface area contributed by atoms with Gasteiger partial charge in [-0.25, -0.2) is 0 Å². The van der Waals surface area contributed by atoms with Gasteiger partial charge in [0.1, 0.15) is 0 Å². The van der Waals surface area contributed by atoms with Crippen LogP contribution in [0.25, 0.3) is 0 Å². The molecule has 1 fully saturated rings. The van der Waals surface area contributed by atoms with Crippen molar-refractivity contribution in [2.45, 2.75) is 31.9 Å². The van der Waals surface area contributed by atoms with Crippen LogP contribution < -0.4 is 29.3 Å². The van der Waals surface area contributed by atoms with E-state index in [0.29, 0.717) is 35.2 Å². The fourth-order valence-corrected chi connectivity index (χ4v) is 11.4. The van der Waals surface area contributed by atoms with Crippen molar-refractivity contribution in [1.29, 1.82) is 0 Å². The van der Waals surface area contributed by atoms with Crippen LogP contribution in [0.3, 0.4) is 0 Å². The lowest BCUT2D eigenvalue weighted by atomic mass is 9.83. The van der Waals surface area contributed by atoms with Gasteiger partial charge in [-0.05, 0) is 51.3 Å². The molecule has 0 aliphatic carbocycles. The number of rotatable bonds is 8. The van der Waals surface area contributed by atoms with E-state index in [1.165, 1.54) is 10.4 Å². The first-order valence-corrected chi connectivity index (χ1v) is 17.0. The Labute approximate surface area is 258 Å². The van der Waals surface area contributed by atoms with Gasteiger partial charge in [-0.3, -0.25) is 4.79 Å². The molecule has 7 rings (SSSR count). The number of fused-ring (bicyclic) bond motifs is 2. The highest BCUT2D eigenvalue weighted by Crippen LogP contribution is 2.46. The third-order valence-electron chi connectivity index (χ3n) is 8.99. The zero-order valence-corrected chi connectivity index (χ0v) is 26.2. The fraction of sp³-hybridized carbons (Fsp3) is 0.306. The van der Waals surface area contributed by atoms with Crippen molar-refractivity contribution in [2.24, 2.45) is 11.8 Å². The molecule has 3 heterocycles. The second-order valence-electron chi connectivity index (χ2n) is 12.5. The third-order valence-corrected chi connectivity index (χ3v) is 14.0. The average molecular weight is 609 g/mol. The Balaban J connectivity index is 1.28. The summed E-state index contributed by atoms with van der Waals surface area (Å²) in [6, 6.07) is 32.4. The van der Waals surface area contributed by atoms with Crippen LogP contribution in [-0.2, 0) is 9.16 Å². The van der Waals surface area contributed by atoms with E-state index in [-0.39, 0.29) is 43.0 Å². The van der Waals surface area contributed by atoms with E-state index in [4.69, 9.17) is 28.1 Å². The quantitative estimate of drug-likeness (QED) is 0.182. The van der Waals surface area contributed by atoms with Crippen molar-refractivity contribution in [3.05, 3.63) is 108 Å². The molecule has 0 amide bonds. The highest BCUT2D eigenvalue weighted by atomic mass is 28.4. The number of Topliss-reactive ketones (excluding diaryl/α,β-unsaturated/α-hetero) is 1. The first-order chi connectivity index (χ1) is 21.3. The van der Waals surface area contributed by atoms with Crippen molar-refractivity contribution < 1.29 is 32.9 Å². The first-order valence-electron chi connectivity index (χ1n) is 15.1. The molecule has 44 heavy (non-hydrogen) atoms. The Morgan fingerprint density at radius 3 is 1.93 bits per heavy atom. The zero-order valence-electron chi connectivity index (χ0n) is 25.2. The van der Waals surface area contributed by atoms with Crippen molar-refractivity contribution in [2.75, 3.05) is 26.8 Å². The van der Waals surface area contributed by atoms with E-state index in [1.54, 1.807) is 12.1 Å². The van der Waals surface area contributed by atoms with Gasteiger partial charge in [0.05, 0.1) is 18.6 Å². The highest BCUT2D eigenvalue weighted by molar-refractivity contribution is 6.99. The van der Waals surface area contributed by atoms with E-state index in [1.807, 2.05) is 36.4 Å². The number of benzene rings is 4. The minimum Gasteiger partial charge on any atom is -0.454 e. The van der Waals surface area contributed by atoms with Crippen LogP contribution in [0.5, 0.6) is 23.0 Å². The molecule has 3 aliphatic rings. The standard InChI is InChI=1S/C36H36O7Si/c1-36(2,3)44(26-10-6-4-7-11-26,27-12-8-5-9-13-27)43-21-29-28(34(37)24-14-16-30-32(18-24)41-22-39-30)20-38-35(29)25-15-17-31-33(19-25)42-23-40-31/h4-19,28-29,35H,20-23H2,1-3H3/t28-,29+,35-/m1/s1. The lowest BCUT2D eigenvalue weighted by Crippen LogP contribution is -2.67. The molecule has 0 unspecified atom stereocenters. The number of hydrogen-bond donors (Lipinski definition) is 0. The molecule has 0 aromatic heterocycles. The summed E-state index contributed by atoms with van der Waals surface area (Å²) >= 11 is 0. The van der Waals surface area contributed by atoms with Gasteiger partial charge in [0.15, 0.2) is 28.8 Å². The predicted octanol–water partition coefficient (Wildman–Crippen LogP) is 5.91. The first kappa shape index (κ1) is 28.6. The smallest absolute Gasteiger partial charge is 0.261 e. The topological polar surface area (TPSA) is 72.5 Å². The molecule has 3 aliphatic heterocycles. The second-order valence-corrected chi connectivity index (χ2v) is 16.8. The normalized spacial score (nSPS) is 20.6. The summed E-state index contributed by atoms with van der Waals surface area (Å²) in [5, 5.41) is 2.17. The summed E-state index contributed by atoms with van der Waals surface area (Å²) in [7, 11) is -2.87. The molecule has 4 aromatic carbocycles. The lowest BCUT2D eigenvalue weighted by Gasteiger charge is -2.44. The van der Waals surface area contributed by atoms with Crippen LogP contribution >= 0.6 is 0 Å². The summed E-state index contributed by atoms with van der Waals surface area (Å²) in [6.45, 7) is 7.74. The van der Waals surface area contributed by atoms with E-state index in [9.17, 15) is 4.79 Å². The minimum atomic E-state index is -2.87. The van der Waals surface area contributed by atoms with Crippen molar-refractivity contribution >= 4 is 24.5 Å². The SMILES string of the molecule is CC(C)(C)[Si](OC[C@@H]1[C@@H](c2ccc3c(c2)OCO3)OC[C@H]1C(=O)c1ccc2c(c1)OCO2)(c1ccccc1)c1ccccc1. The van der Waals surface area contributed by atoms with Gasteiger partial charge in [-0.15, -0.1) is 0 Å². The monoisotopic (exact) mass is 608 g/mol. The van der Waals surface area contributed by atoms with Gasteiger partial charge in [-0.2, -0.15) is 0 Å². The molecule has 0 N–H and O–H groups in total. The molecule has 0 spiro atoms. The van der Waals surface area contributed by atoms with Crippen LogP contribution in [-0.4, -0.2) is 40.9 Å². The molecule has 226 valence electrons. The van der Waals surface area contributed by atoms with Crippen LogP contribution in [0.2, 0.25) is 5.04 Å². The largest absolute Gasteiger partial charge is 0.454 e. The summed E-state index contributed by atoms with van der Waals surface area (Å²) in [6.07, 6.45) is -0.370. The summed E-state index contributed by atoms with van der Waals surface area (Å²) in [4.78, 5) is 14.2. The maximum absolute atomic E-state index is 14.2. The molecule has 0 radical (unpaired) electrons. The number of carbonyl (C=O) groups excluding carboxylic acids is 1. The molecule has 7 nitrogen and oxygen atoms in total. The van der Waals surface area contributed by atoms with Crippen molar-refractivity contribution in [3.8, 4) is 23.0 Å². The van der Waals surface area contributed by atoms with Gasteiger partial charge in [0, 0.05) is 18.1 Å². The molecule has 0 bridgehead atoms. The molecule has 8 heteroatoms.